The van der Waals surface area contributed by atoms with Gasteiger partial charge in [-0.2, -0.15) is 15.1 Å². The van der Waals surface area contributed by atoms with Crippen molar-refractivity contribution in [1.29, 1.82) is 5.41 Å². The number of aryl methyl sites for hydroxylation is 1. The molecule has 10 heteroatoms. The fourth-order valence-electron chi connectivity index (χ4n) is 3.72. The number of benzene rings is 1. The van der Waals surface area contributed by atoms with E-state index in [9.17, 15) is 4.79 Å². The molecule has 1 amide bonds. The highest BCUT2D eigenvalue weighted by molar-refractivity contribution is 8.27. The third-order valence-electron chi connectivity index (χ3n) is 5.28. The van der Waals surface area contributed by atoms with Crippen LogP contribution in [0.25, 0.3) is 11.8 Å². The number of nitrogens with zero attached hydrogens (tertiary/aromatic N) is 5. The van der Waals surface area contributed by atoms with E-state index in [1.807, 2.05) is 42.7 Å². The fraction of sp³-hybridized carbons (Fsp3) is 0.0870. The zero-order valence-corrected chi connectivity index (χ0v) is 19.8. The van der Waals surface area contributed by atoms with E-state index in [4.69, 9.17) is 28.6 Å². The van der Waals surface area contributed by atoms with Crippen LogP contribution in [0.5, 0.6) is 0 Å². The van der Waals surface area contributed by atoms with E-state index in [-0.39, 0.29) is 11.4 Å². The van der Waals surface area contributed by atoms with Crippen LogP contribution in [0.4, 0.5) is 0 Å². The van der Waals surface area contributed by atoms with E-state index in [1.54, 1.807) is 30.6 Å². The van der Waals surface area contributed by atoms with E-state index < -0.39 is 5.91 Å². The minimum Gasteiger partial charge on any atom is -0.316 e. The molecule has 0 unspecified atom stereocenters. The molecule has 0 saturated carbocycles. The molecule has 0 fully saturated rings. The maximum atomic E-state index is 12.8. The van der Waals surface area contributed by atoms with E-state index in [0.717, 1.165) is 28.2 Å². The molecule has 3 aromatic rings. The van der Waals surface area contributed by atoms with Crippen LogP contribution < -0.4 is 0 Å². The summed E-state index contributed by atoms with van der Waals surface area (Å²) in [5.41, 5.74) is 4.33. The highest BCUT2D eigenvalue weighted by Crippen LogP contribution is 2.33. The minimum atomic E-state index is -0.476. The fourth-order valence-corrected chi connectivity index (χ4v) is 5.09. The zero-order chi connectivity index (χ0) is 23.3. The number of halogens is 2. The first kappa shape index (κ1) is 21.6. The van der Waals surface area contributed by atoms with Crippen LogP contribution in [0.15, 0.2) is 64.5 Å². The summed E-state index contributed by atoms with van der Waals surface area (Å²) in [5.74, 6) is -0.499. The number of hydrazone groups is 1. The average molecular weight is 495 g/mol. The highest BCUT2D eigenvalue weighted by Gasteiger charge is 2.36. The van der Waals surface area contributed by atoms with Gasteiger partial charge in [0.1, 0.15) is 5.04 Å². The Hall–Kier alpha value is -3.20. The van der Waals surface area contributed by atoms with Crippen molar-refractivity contribution in [1.82, 2.24) is 14.6 Å². The van der Waals surface area contributed by atoms with Crippen molar-refractivity contribution in [3.05, 3.63) is 86.9 Å². The summed E-state index contributed by atoms with van der Waals surface area (Å²) < 4.78 is 1.99. The maximum absolute atomic E-state index is 12.8. The monoisotopic (exact) mass is 494 g/mol. The summed E-state index contributed by atoms with van der Waals surface area (Å²) in [6, 6.07) is 10.9. The van der Waals surface area contributed by atoms with Crippen LogP contribution in [0, 0.1) is 19.3 Å². The standard InChI is InChI=1S/C23H16Cl2N6OS/c1-12-8-15(13(2)30(12)19-6-5-16(24)10-18(19)25)9-17-20(26)31-23(28-21(17)32)33-22(29-31)14-4-3-7-27-11-14/h3-11,26H,1-2H3/b17-9+,26-20?. The van der Waals surface area contributed by atoms with Gasteiger partial charge in [-0.25, -0.2) is 0 Å². The summed E-state index contributed by atoms with van der Waals surface area (Å²) in [7, 11) is 0. The number of nitrogens with one attached hydrogen (secondary N) is 1. The number of pyridine rings is 1. The molecule has 0 radical (unpaired) electrons. The average Bonchev–Trinajstić information content (AvgIpc) is 3.33. The summed E-state index contributed by atoms with van der Waals surface area (Å²) in [6.45, 7) is 3.88. The lowest BCUT2D eigenvalue weighted by molar-refractivity contribution is -0.114. The second-order valence-corrected chi connectivity index (χ2v) is 9.22. The number of carbonyl (C=O) groups is 1. The lowest BCUT2D eigenvalue weighted by Gasteiger charge is -2.20. The summed E-state index contributed by atoms with van der Waals surface area (Å²) >= 11 is 13.7. The Bertz CT molecular complexity index is 1420. The van der Waals surface area contributed by atoms with Crippen molar-refractivity contribution in [3.63, 3.8) is 0 Å². The molecule has 1 aromatic carbocycles. The number of hydrogen-bond donors (Lipinski definition) is 1. The van der Waals surface area contributed by atoms with E-state index in [0.29, 0.717) is 20.3 Å². The van der Waals surface area contributed by atoms with Gasteiger partial charge in [-0.15, -0.1) is 0 Å². The van der Waals surface area contributed by atoms with Crippen LogP contribution >= 0.6 is 35.0 Å². The van der Waals surface area contributed by atoms with Crippen molar-refractivity contribution in [2.24, 2.45) is 10.1 Å². The van der Waals surface area contributed by atoms with Crippen molar-refractivity contribution in [3.8, 4) is 5.69 Å². The van der Waals surface area contributed by atoms with Crippen LogP contribution in [0.2, 0.25) is 10.0 Å². The zero-order valence-electron chi connectivity index (χ0n) is 17.5. The second kappa shape index (κ2) is 8.30. The van der Waals surface area contributed by atoms with Gasteiger partial charge >= 0.3 is 0 Å². The summed E-state index contributed by atoms with van der Waals surface area (Å²) in [5, 5.41) is 16.6. The van der Waals surface area contributed by atoms with Crippen molar-refractivity contribution in [2.45, 2.75) is 13.8 Å². The third kappa shape index (κ3) is 3.80. The van der Waals surface area contributed by atoms with Gasteiger partial charge in [0.05, 0.1) is 16.3 Å². The molecule has 0 saturated heterocycles. The smallest absolute Gasteiger partial charge is 0.283 e. The number of thioether (sulfide) groups is 1. The number of aliphatic imine (C=N–C) groups is 1. The van der Waals surface area contributed by atoms with Gasteiger partial charge in [0.15, 0.2) is 5.84 Å². The largest absolute Gasteiger partial charge is 0.316 e. The SMILES string of the molecule is Cc1cc(/C=C2\C(=N)N3N=C(c4cccnc4)SC3=NC2=O)c(C)n1-c1ccc(Cl)cc1Cl. The van der Waals surface area contributed by atoms with Crippen molar-refractivity contribution < 1.29 is 4.79 Å². The van der Waals surface area contributed by atoms with Crippen LogP contribution in [0.3, 0.4) is 0 Å². The molecule has 0 atom stereocenters. The number of aromatic nitrogens is 2. The summed E-state index contributed by atoms with van der Waals surface area (Å²) in [6.07, 6.45) is 5.04. The predicted octanol–water partition coefficient (Wildman–Crippen LogP) is 5.46. The normalized spacial score (nSPS) is 16.8. The van der Waals surface area contributed by atoms with Crippen molar-refractivity contribution >= 4 is 63.0 Å². The lowest BCUT2D eigenvalue weighted by atomic mass is 10.1. The minimum absolute atomic E-state index is 0.0225. The molecule has 1 N–H and O–H groups in total. The number of fused-ring (bicyclic) bond motifs is 1. The maximum Gasteiger partial charge on any atom is 0.283 e. The van der Waals surface area contributed by atoms with E-state index in [2.05, 4.69) is 15.1 Å². The van der Waals surface area contributed by atoms with Gasteiger partial charge in [-0.1, -0.05) is 23.2 Å². The highest BCUT2D eigenvalue weighted by atomic mass is 35.5. The molecule has 33 heavy (non-hydrogen) atoms. The topological polar surface area (TPSA) is 86.7 Å². The van der Waals surface area contributed by atoms with Crippen LogP contribution in [-0.2, 0) is 4.79 Å². The van der Waals surface area contributed by atoms with E-state index >= 15 is 0 Å². The first-order valence-corrected chi connectivity index (χ1v) is 11.5. The van der Waals surface area contributed by atoms with Crippen LogP contribution in [0.1, 0.15) is 22.5 Å². The molecule has 164 valence electrons. The molecule has 0 aliphatic carbocycles. The quantitative estimate of drug-likeness (QED) is 0.489. The molecule has 0 bridgehead atoms. The first-order chi connectivity index (χ1) is 15.8. The summed E-state index contributed by atoms with van der Waals surface area (Å²) in [4.78, 5) is 21.1. The second-order valence-electron chi connectivity index (χ2n) is 7.42. The Morgan fingerprint density at radius 2 is 1.97 bits per heavy atom. The van der Waals surface area contributed by atoms with Crippen LogP contribution in [-0.4, -0.2) is 36.5 Å². The van der Waals surface area contributed by atoms with Gasteiger partial charge in [0, 0.05) is 34.4 Å². The van der Waals surface area contributed by atoms with Gasteiger partial charge in [0.2, 0.25) is 5.17 Å². The Labute approximate surface area is 203 Å². The number of carbonyl (C=O) groups excluding carboxylic acids is 1. The van der Waals surface area contributed by atoms with Gasteiger partial charge in [-0.05, 0) is 73.6 Å². The number of rotatable bonds is 3. The molecular formula is C23H16Cl2N6OS. The molecule has 5 rings (SSSR count). The Morgan fingerprint density at radius 1 is 1.15 bits per heavy atom. The number of amidine groups is 2. The molecule has 2 aliphatic heterocycles. The Morgan fingerprint density at radius 3 is 2.70 bits per heavy atom. The Kier molecular flexibility index (Phi) is 5.44. The van der Waals surface area contributed by atoms with Gasteiger partial charge < -0.3 is 4.57 Å². The molecule has 0 spiro atoms. The molecule has 2 aromatic heterocycles. The predicted molar refractivity (Wildman–Crippen MR) is 134 cm³/mol. The van der Waals surface area contributed by atoms with Gasteiger partial charge in [-0.3, -0.25) is 15.2 Å². The molecule has 4 heterocycles. The lowest BCUT2D eigenvalue weighted by Crippen LogP contribution is -2.35. The molecular weight excluding hydrogens is 479 g/mol. The first-order valence-electron chi connectivity index (χ1n) is 9.88. The molecule has 2 aliphatic rings. The number of amides is 1. The van der Waals surface area contributed by atoms with Gasteiger partial charge in [0.25, 0.3) is 5.91 Å². The third-order valence-corrected chi connectivity index (χ3v) is 6.78. The molecule has 7 nitrogen and oxygen atoms in total. The van der Waals surface area contributed by atoms with E-state index in [1.165, 1.54) is 16.8 Å². The Balaban J connectivity index is 1.53. The number of hydrogen-bond acceptors (Lipinski definition) is 5. The van der Waals surface area contributed by atoms with Crippen molar-refractivity contribution in [2.75, 3.05) is 0 Å².